The number of aryl methyl sites for hydroxylation is 1. The first-order valence-corrected chi connectivity index (χ1v) is 8.11. The lowest BCUT2D eigenvalue weighted by Crippen LogP contribution is -2.28. The maximum Gasteiger partial charge on any atom is 0.240 e. The van der Waals surface area contributed by atoms with Gasteiger partial charge >= 0.3 is 0 Å². The van der Waals surface area contributed by atoms with Crippen molar-refractivity contribution in [3.63, 3.8) is 0 Å². The lowest BCUT2D eigenvalue weighted by atomic mass is 10.2. The molecular weight excluding hydrogens is 331 g/mol. The van der Waals surface area contributed by atoms with Gasteiger partial charge < -0.3 is 4.74 Å². The number of hydrogen-bond acceptors (Lipinski definition) is 3. The summed E-state index contributed by atoms with van der Waals surface area (Å²) in [5, 5.41) is 0. The standard InChI is InChI=1S/C15H14F3NO3S/c1-10-8-12(3-4-13(10)17)23(20,21)19-6-7-22-15-5-2-11(16)9-14(15)18/h2-5,8-9,19H,6-7H2,1H3. The summed E-state index contributed by atoms with van der Waals surface area (Å²) in [7, 11) is -3.82. The summed E-state index contributed by atoms with van der Waals surface area (Å²) in [4.78, 5) is -0.0793. The fourth-order valence-electron chi connectivity index (χ4n) is 1.80. The van der Waals surface area contributed by atoms with Crippen molar-refractivity contribution in [2.24, 2.45) is 0 Å². The zero-order valence-electron chi connectivity index (χ0n) is 12.1. The average molecular weight is 345 g/mol. The fourth-order valence-corrected chi connectivity index (χ4v) is 2.89. The molecule has 4 nitrogen and oxygen atoms in total. The number of ether oxygens (including phenoxy) is 1. The largest absolute Gasteiger partial charge is 0.489 e. The molecule has 0 aliphatic rings. The first kappa shape index (κ1) is 17.3. The number of rotatable bonds is 6. The van der Waals surface area contributed by atoms with E-state index in [2.05, 4.69) is 4.72 Å². The van der Waals surface area contributed by atoms with Crippen molar-refractivity contribution < 1.29 is 26.3 Å². The van der Waals surface area contributed by atoms with Gasteiger partial charge in [-0.05, 0) is 42.8 Å². The highest BCUT2D eigenvalue weighted by Gasteiger charge is 2.15. The summed E-state index contributed by atoms with van der Waals surface area (Å²) in [6.45, 7) is 1.17. The van der Waals surface area contributed by atoms with Gasteiger partial charge in [0.05, 0.1) is 4.90 Å². The van der Waals surface area contributed by atoms with E-state index >= 15 is 0 Å². The Hall–Kier alpha value is -2.06. The maximum absolute atomic E-state index is 13.3. The van der Waals surface area contributed by atoms with Crippen molar-refractivity contribution in [1.29, 1.82) is 0 Å². The van der Waals surface area contributed by atoms with Crippen LogP contribution >= 0.6 is 0 Å². The molecule has 124 valence electrons. The van der Waals surface area contributed by atoms with E-state index in [1.165, 1.54) is 13.0 Å². The third-order valence-corrected chi connectivity index (χ3v) is 4.44. The Morgan fingerprint density at radius 3 is 2.43 bits per heavy atom. The minimum Gasteiger partial charge on any atom is -0.489 e. The molecule has 0 atom stereocenters. The Kier molecular flexibility index (Phi) is 5.27. The molecule has 0 saturated carbocycles. The van der Waals surface area contributed by atoms with Crippen molar-refractivity contribution >= 4 is 10.0 Å². The van der Waals surface area contributed by atoms with E-state index < -0.39 is 27.5 Å². The summed E-state index contributed by atoms with van der Waals surface area (Å²) in [5.41, 5.74) is 0.206. The molecule has 8 heteroatoms. The highest BCUT2D eigenvalue weighted by atomic mass is 32.2. The molecule has 2 aromatic rings. The smallest absolute Gasteiger partial charge is 0.240 e. The summed E-state index contributed by atoms with van der Waals surface area (Å²) in [5.74, 6) is -2.29. The molecule has 2 rings (SSSR count). The third-order valence-electron chi connectivity index (χ3n) is 2.99. The molecule has 0 fully saturated rings. The van der Waals surface area contributed by atoms with Crippen molar-refractivity contribution in [1.82, 2.24) is 4.72 Å². The van der Waals surface area contributed by atoms with Gasteiger partial charge in [-0.25, -0.2) is 26.3 Å². The molecule has 0 aliphatic heterocycles. The van der Waals surface area contributed by atoms with Crippen LogP contribution < -0.4 is 9.46 Å². The second-order valence-electron chi connectivity index (χ2n) is 4.73. The molecular formula is C15H14F3NO3S. The molecule has 1 N–H and O–H groups in total. The Morgan fingerprint density at radius 2 is 1.78 bits per heavy atom. The second-order valence-corrected chi connectivity index (χ2v) is 6.50. The van der Waals surface area contributed by atoms with Gasteiger partial charge in [-0.3, -0.25) is 0 Å². The predicted molar refractivity (Wildman–Crippen MR) is 78.2 cm³/mol. The molecule has 0 aromatic heterocycles. The van der Waals surface area contributed by atoms with Gasteiger partial charge in [0, 0.05) is 12.6 Å². The molecule has 0 heterocycles. The molecule has 0 spiro atoms. The molecule has 0 radical (unpaired) electrons. The maximum atomic E-state index is 13.3. The Bertz CT molecular complexity index is 810. The van der Waals surface area contributed by atoms with Crippen LogP contribution in [0.15, 0.2) is 41.3 Å². The quantitative estimate of drug-likeness (QED) is 0.819. The van der Waals surface area contributed by atoms with Crippen LogP contribution in [0.2, 0.25) is 0 Å². The Morgan fingerprint density at radius 1 is 1.04 bits per heavy atom. The summed E-state index contributed by atoms with van der Waals surface area (Å²) >= 11 is 0. The molecule has 0 bridgehead atoms. The van der Waals surface area contributed by atoms with Gasteiger partial charge in [-0.15, -0.1) is 0 Å². The molecule has 0 saturated heterocycles. The van der Waals surface area contributed by atoms with Crippen molar-refractivity contribution in [2.45, 2.75) is 11.8 Å². The number of sulfonamides is 1. The van der Waals surface area contributed by atoms with E-state index in [0.717, 1.165) is 24.3 Å². The van der Waals surface area contributed by atoms with E-state index in [9.17, 15) is 21.6 Å². The minimum atomic E-state index is -3.82. The van der Waals surface area contributed by atoms with E-state index in [1.807, 2.05) is 0 Å². The van der Waals surface area contributed by atoms with Crippen LogP contribution in [0.5, 0.6) is 5.75 Å². The Labute approximate surface area is 132 Å². The third kappa shape index (κ3) is 4.46. The van der Waals surface area contributed by atoms with Gasteiger partial charge in [0.25, 0.3) is 0 Å². The lowest BCUT2D eigenvalue weighted by molar-refractivity contribution is 0.305. The minimum absolute atomic E-state index is 0.0793. The van der Waals surface area contributed by atoms with Crippen LogP contribution in [-0.2, 0) is 10.0 Å². The van der Waals surface area contributed by atoms with Gasteiger partial charge in [-0.1, -0.05) is 0 Å². The van der Waals surface area contributed by atoms with Crippen molar-refractivity contribution in [3.8, 4) is 5.75 Å². The Balaban J connectivity index is 1.93. The van der Waals surface area contributed by atoms with E-state index in [1.54, 1.807) is 0 Å². The monoisotopic (exact) mass is 345 g/mol. The first-order valence-electron chi connectivity index (χ1n) is 6.63. The SMILES string of the molecule is Cc1cc(S(=O)(=O)NCCOc2ccc(F)cc2F)ccc1F. The normalized spacial score (nSPS) is 11.5. The van der Waals surface area contributed by atoms with Crippen LogP contribution in [0, 0.1) is 24.4 Å². The van der Waals surface area contributed by atoms with E-state index in [0.29, 0.717) is 6.07 Å². The fraction of sp³-hybridized carbons (Fsp3) is 0.200. The number of hydrogen-bond donors (Lipinski definition) is 1. The molecule has 0 amide bonds. The molecule has 2 aromatic carbocycles. The van der Waals surface area contributed by atoms with Crippen molar-refractivity contribution in [3.05, 3.63) is 59.4 Å². The summed E-state index contributed by atoms with van der Waals surface area (Å²) in [6, 6.07) is 6.23. The van der Waals surface area contributed by atoms with E-state index in [-0.39, 0.29) is 29.4 Å². The zero-order valence-corrected chi connectivity index (χ0v) is 13.0. The molecule has 0 aliphatic carbocycles. The topological polar surface area (TPSA) is 55.4 Å². The number of halogens is 3. The highest BCUT2D eigenvalue weighted by Crippen LogP contribution is 2.17. The summed E-state index contributed by atoms with van der Waals surface area (Å²) < 4.78 is 70.5. The first-order chi connectivity index (χ1) is 10.8. The summed E-state index contributed by atoms with van der Waals surface area (Å²) in [6.07, 6.45) is 0. The lowest BCUT2D eigenvalue weighted by Gasteiger charge is -2.10. The predicted octanol–water partition coefficient (Wildman–Crippen LogP) is 2.77. The van der Waals surface area contributed by atoms with Crippen LogP contribution in [-0.4, -0.2) is 21.6 Å². The van der Waals surface area contributed by atoms with Crippen molar-refractivity contribution in [2.75, 3.05) is 13.2 Å². The van der Waals surface area contributed by atoms with Gasteiger partial charge in [-0.2, -0.15) is 0 Å². The molecule has 23 heavy (non-hydrogen) atoms. The highest BCUT2D eigenvalue weighted by molar-refractivity contribution is 7.89. The van der Waals surface area contributed by atoms with Crippen LogP contribution in [0.4, 0.5) is 13.2 Å². The van der Waals surface area contributed by atoms with Gasteiger partial charge in [0.15, 0.2) is 11.6 Å². The van der Waals surface area contributed by atoms with Crippen LogP contribution in [0.3, 0.4) is 0 Å². The van der Waals surface area contributed by atoms with Crippen LogP contribution in [0.25, 0.3) is 0 Å². The van der Waals surface area contributed by atoms with Gasteiger partial charge in [0.1, 0.15) is 18.2 Å². The van der Waals surface area contributed by atoms with E-state index in [4.69, 9.17) is 4.74 Å². The number of nitrogens with one attached hydrogen (secondary N) is 1. The zero-order chi connectivity index (χ0) is 17.0. The molecule has 0 unspecified atom stereocenters. The van der Waals surface area contributed by atoms with Crippen LogP contribution in [0.1, 0.15) is 5.56 Å². The number of benzene rings is 2. The second kappa shape index (κ2) is 7.01. The average Bonchev–Trinajstić information content (AvgIpc) is 2.48. The van der Waals surface area contributed by atoms with Gasteiger partial charge in [0.2, 0.25) is 10.0 Å².